The zero-order chi connectivity index (χ0) is 19.8. The van der Waals surface area contributed by atoms with E-state index in [1.54, 1.807) is 6.07 Å². The van der Waals surface area contributed by atoms with Crippen LogP contribution in [-0.2, 0) is 0 Å². The van der Waals surface area contributed by atoms with Gasteiger partial charge in [-0.2, -0.15) is 5.26 Å². The van der Waals surface area contributed by atoms with Gasteiger partial charge in [0.25, 0.3) is 0 Å². The van der Waals surface area contributed by atoms with Crippen molar-refractivity contribution in [3.05, 3.63) is 64.1 Å². The molecule has 0 radical (unpaired) electrons. The van der Waals surface area contributed by atoms with Gasteiger partial charge >= 0.3 is 0 Å². The Bertz CT molecular complexity index is 1120. The molecule has 2 heterocycles. The fraction of sp³-hybridized carbons (Fsp3) is 0.273. The summed E-state index contributed by atoms with van der Waals surface area (Å²) in [7, 11) is 0. The number of pyridine rings is 1. The molecule has 0 spiro atoms. The molecule has 1 aliphatic heterocycles. The van der Waals surface area contributed by atoms with E-state index in [0.29, 0.717) is 30.0 Å². The Morgan fingerprint density at radius 1 is 1.14 bits per heavy atom. The van der Waals surface area contributed by atoms with Crippen LogP contribution in [0.1, 0.15) is 19.4 Å². The van der Waals surface area contributed by atoms with Crippen LogP contribution in [0, 0.1) is 17.1 Å². The average molecular weight is 376 g/mol. The lowest BCUT2D eigenvalue weighted by molar-refractivity contribution is 0.404. The highest BCUT2D eigenvalue weighted by Crippen LogP contribution is 2.28. The number of H-pyrrole nitrogens is 1. The van der Waals surface area contributed by atoms with Gasteiger partial charge in [0.2, 0.25) is 5.43 Å². The number of piperazine rings is 1. The van der Waals surface area contributed by atoms with Crippen LogP contribution in [0.3, 0.4) is 0 Å². The molecule has 2 atom stereocenters. The molecule has 0 amide bonds. The van der Waals surface area contributed by atoms with Crippen molar-refractivity contribution < 1.29 is 4.39 Å². The number of nitriles is 1. The standard InChI is InChI=1S/C22H21FN4O/c1-13-11-27(12-14(2)25-13)20-9-19-16(8-18(20)23)22(28)17(10-24)21(26-19)15-6-4-3-5-7-15/h3-9,13-14,25H,11-12H2,1-2H3,(H,26,28)/t13-,14+. The molecular weight excluding hydrogens is 355 g/mol. The summed E-state index contributed by atoms with van der Waals surface area (Å²) in [4.78, 5) is 18.1. The molecule has 0 unspecified atom stereocenters. The predicted molar refractivity (Wildman–Crippen MR) is 109 cm³/mol. The number of benzene rings is 2. The van der Waals surface area contributed by atoms with Crippen molar-refractivity contribution >= 4 is 16.6 Å². The molecule has 2 aromatic carbocycles. The molecular formula is C22H21FN4O. The smallest absolute Gasteiger partial charge is 0.207 e. The SMILES string of the molecule is C[C@@H]1CN(c2cc3[nH]c(-c4ccccc4)c(C#N)c(=O)c3cc2F)C[C@H](C)N1. The van der Waals surface area contributed by atoms with Crippen LogP contribution in [0.4, 0.5) is 10.1 Å². The number of nitrogens with zero attached hydrogens (tertiary/aromatic N) is 2. The van der Waals surface area contributed by atoms with Crippen molar-refractivity contribution in [2.24, 2.45) is 0 Å². The number of fused-ring (bicyclic) bond motifs is 1. The van der Waals surface area contributed by atoms with E-state index in [-0.39, 0.29) is 23.0 Å². The molecule has 5 nitrogen and oxygen atoms in total. The molecule has 142 valence electrons. The molecule has 1 fully saturated rings. The third-order valence-electron chi connectivity index (χ3n) is 5.14. The second-order valence-corrected chi connectivity index (χ2v) is 7.40. The van der Waals surface area contributed by atoms with Gasteiger partial charge in [0.1, 0.15) is 17.4 Å². The number of nitrogens with one attached hydrogen (secondary N) is 2. The predicted octanol–water partition coefficient (Wildman–Crippen LogP) is 3.39. The Morgan fingerprint density at radius 3 is 2.46 bits per heavy atom. The summed E-state index contributed by atoms with van der Waals surface area (Å²) in [6.45, 7) is 5.49. The summed E-state index contributed by atoms with van der Waals surface area (Å²) in [6.07, 6.45) is 0. The van der Waals surface area contributed by atoms with Crippen LogP contribution < -0.4 is 15.6 Å². The number of hydrogen-bond donors (Lipinski definition) is 2. The van der Waals surface area contributed by atoms with E-state index in [0.717, 1.165) is 5.56 Å². The summed E-state index contributed by atoms with van der Waals surface area (Å²) in [5.74, 6) is -0.448. The van der Waals surface area contributed by atoms with Gasteiger partial charge in [-0.05, 0) is 31.5 Å². The largest absolute Gasteiger partial charge is 0.366 e. The minimum atomic E-state index is -0.456. The van der Waals surface area contributed by atoms with Gasteiger partial charge in [-0.15, -0.1) is 0 Å². The van der Waals surface area contributed by atoms with Gasteiger partial charge < -0.3 is 15.2 Å². The van der Waals surface area contributed by atoms with E-state index in [2.05, 4.69) is 24.1 Å². The van der Waals surface area contributed by atoms with Crippen LogP contribution in [0.5, 0.6) is 0 Å². The molecule has 1 aromatic heterocycles. The maximum Gasteiger partial charge on any atom is 0.207 e. The molecule has 4 rings (SSSR count). The molecule has 1 aliphatic rings. The van der Waals surface area contributed by atoms with Crippen molar-refractivity contribution in [2.45, 2.75) is 25.9 Å². The number of anilines is 1. The lowest BCUT2D eigenvalue weighted by Crippen LogP contribution is -2.54. The Labute approximate surface area is 162 Å². The maximum absolute atomic E-state index is 14.9. The van der Waals surface area contributed by atoms with Crippen LogP contribution in [0.25, 0.3) is 22.2 Å². The number of halogens is 1. The first-order valence-electron chi connectivity index (χ1n) is 9.34. The first kappa shape index (κ1) is 18.2. The van der Waals surface area contributed by atoms with Crippen LogP contribution >= 0.6 is 0 Å². The molecule has 0 aliphatic carbocycles. The quantitative estimate of drug-likeness (QED) is 0.719. The topological polar surface area (TPSA) is 71.9 Å². The molecule has 0 bridgehead atoms. The first-order valence-corrected chi connectivity index (χ1v) is 9.34. The van der Waals surface area contributed by atoms with E-state index in [4.69, 9.17) is 0 Å². The third-order valence-corrected chi connectivity index (χ3v) is 5.14. The highest BCUT2D eigenvalue weighted by Gasteiger charge is 2.24. The van der Waals surface area contributed by atoms with E-state index in [9.17, 15) is 14.4 Å². The molecule has 28 heavy (non-hydrogen) atoms. The zero-order valence-electron chi connectivity index (χ0n) is 15.8. The van der Waals surface area contributed by atoms with E-state index >= 15 is 0 Å². The normalized spacial score (nSPS) is 19.6. The molecule has 0 saturated carbocycles. The van der Waals surface area contributed by atoms with Crippen molar-refractivity contribution in [1.29, 1.82) is 5.26 Å². The molecule has 6 heteroatoms. The van der Waals surface area contributed by atoms with Gasteiger partial charge in [-0.25, -0.2) is 4.39 Å². The van der Waals surface area contributed by atoms with Crippen LogP contribution in [-0.4, -0.2) is 30.2 Å². The molecule has 2 N–H and O–H groups in total. The Balaban J connectivity index is 1.92. The minimum absolute atomic E-state index is 0.00438. The summed E-state index contributed by atoms with van der Waals surface area (Å²) in [5, 5.41) is 13.1. The average Bonchev–Trinajstić information content (AvgIpc) is 2.68. The summed E-state index contributed by atoms with van der Waals surface area (Å²) in [6, 6.07) is 14.6. The lowest BCUT2D eigenvalue weighted by atomic mass is 10.0. The van der Waals surface area contributed by atoms with Gasteiger partial charge in [0, 0.05) is 30.6 Å². The lowest BCUT2D eigenvalue weighted by Gasteiger charge is -2.37. The van der Waals surface area contributed by atoms with Crippen LogP contribution in [0.2, 0.25) is 0 Å². The highest BCUT2D eigenvalue weighted by molar-refractivity contribution is 5.87. The third kappa shape index (κ3) is 3.14. The second-order valence-electron chi connectivity index (χ2n) is 7.40. The zero-order valence-corrected chi connectivity index (χ0v) is 15.8. The summed E-state index contributed by atoms with van der Waals surface area (Å²) in [5.41, 5.74) is 1.73. The number of aromatic amines is 1. The molecule has 3 aromatic rings. The summed E-state index contributed by atoms with van der Waals surface area (Å²) < 4.78 is 14.9. The monoisotopic (exact) mass is 376 g/mol. The minimum Gasteiger partial charge on any atom is -0.366 e. The van der Waals surface area contributed by atoms with Gasteiger partial charge in [-0.1, -0.05) is 30.3 Å². The first-order chi connectivity index (χ1) is 13.5. The van der Waals surface area contributed by atoms with Gasteiger partial charge in [0.05, 0.1) is 16.9 Å². The van der Waals surface area contributed by atoms with Gasteiger partial charge in [-0.3, -0.25) is 4.79 Å². The Kier molecular flexibility index (Phi) is 4.62. The van der Waals surface area contributed by atoms with Crippen LogP contribution in [0.15, 0.2) is 47.3 Å². The van der Waals surface area contributed by atoms with E-state index in [1.165, 1.54) is 6.07 Å². The van der Waals surface area contributed by atoms with Crippen molar-refractivity contribution in [3.63, 3.8) is 0 Å². The Hall–Kier alpha value is -3.17. The number of rotatable bonds is 2. The number of hydrogen-bond acceptors (Lipinski definition) is 4. The second kappa shape index (κ2) is 7.10. The summed E-state index contributed by atoms with van der Waals surface area (Å²) >= 11 is 0. The molecule has 1 saturated heterocycles. The van der Waals surface area contributed by atoms with E-state index < -0.39 is 11.2 Å². The number of aromatic nitrogens is 1. The fourth-order valence-electron chi connectivity index (χ4n) is 3.99. The Morgan fingerprint density at radius 2 is 1.82 bits per heavy atom. The van der Waals surface area contributed by atoms with Crippen molar-refractivity contribution in [1.82, 2.24) is 10.3 Å². The fourth-order valence-corrected chi connectivity index (χ4v) is 3.99. The van der Waals surface area contributed by atoms with Crippen molar-refractivity contribution in [2.75, 3.05) is 18.0 Å². The maximum atomic E-state index is 14.9. The van der Waals surface area contributed by atoms with Crippen molar-refractivity contribution in [3.8, 4) is 17.3 Å². The highest BCUT2D eigenvalue weighted by atomic mass is 19.1. The van der Waals surface area contributed by atoms with E-state index in [1.807, 2.05) is 41.3 Å². The van der Waals surface area contributed by atoms with Gasteiger partial charge in [0.15, 0.2) is 0 Å².